The molecule has 0 spiro atoms. The molecule has 0 saturated heterocycles. The largest absolute Gasteiger partial charge is 0.480 e. The van der Waals surface area contributed by atoms with E-state index < -0.39 is 36.9 Å². The summed E-state index contributed by atoms with van der Waals surface area (Å²) < 4.78 is 39.0. The molecule has 0 saturated carbocycles. The highest BCUT2D eigenvalue weighted by atomic mass is 19.4. The van der Waals surface area contributed by atoms with Gasteiger partial charge in [0.1, 0.15) is 6.54 Å². The normalized spacial score (nSPS) is 12.8. The van der Waals surface area contributed by atoms with Crippen LogP contribution in [0.1, 0.15) is 17.9 Å². The minimum Gasteiger partial charge on any atom is -0.480 e. The van der Waals surface area contributed by atoms with Crippen molar-refractivity contribution >= 4 is 11.9 Å². The third-order valence-corrected chi connectivity index (χ3v) is 2.77. The van der Waals surface area contributed by atoms with Gasteiger partial charge in [0.05, 0.1) is 5.92 Å². The van der Waals surface area contributed by atoms with E-state index in [9.17, 15) is 22.8 Å². The van der Waals surface area contributed by atoms with Gasteiger partial charge in [-0.15, -0.1) is 0 Å². The Kier molecular flexibility index (Phi) is 5.12. The fourth-order valence-corrected chi connectivity index (χ4v) is 1.73. The highest BCUT2D eigenvalue weighted by molar-refractivity contribution is 5.81. The topological polar surface area (TPSA) is 57.6 Å². The smallest absolute Gasteiger partial charge is 0.396 e. The van der Waals surface area contributed by atoms with E-state index in [0.717, 1.165) is 11.9 Å². The Morgan fingerprint density at radius 1 is 1.25 bits per heavy atom. The summed E-state index contributed by atoms with van der Waals surface area (Å²) in [5.41, 5.74) is -0.0166. The second-order valence-corrected chi connectivity index (χ2v) is 4.35. The minimum atomic E-state index is -4.57. The molecule has 4 nitrogen and oxygen atoms in total. The summed E-state index contributed by atoms with van der Waals surface area (Å²) in [5.74, 6) is -4.07. The van der Waals surface area contributed by atoms with Gasteiger partial charge in [-0.3, -0.25) is 9.59 Å². The van der Waals surface area contributed by atoms with E-state index >= 15 is 0 Å². The van der Waals surface area contributed by atoms with Crippen LogP contribution in [0.5, 0.6) is 0 Å². The molecule has 1 aromatic rings. The highest BCUT2D eigenvalue weighted by Crippen LogP contribution is 2.37. The first kappa shape index (κ1) is 16.0. The quantitative estimate of drug-likeness (QED) is 0.904. The molecule has 1 rings (SSSR count). The standard InChI is InChI=1S/C13H14F3NO3/c1-17(8-12(19)20)11(18)7-10(13(14,15)16)9-5-3-2-4-6-9/h2-6,10H,7-8H2,1H3,(H,19,20). The summed E-state index contributed by atoms with van der Waals surface area (Å²) >= 11 is 0. The molecule has 7 heteroatoms. The molecule has 1 N–H and O–H groups in total. The molecule has 110 valence electrons. The molecule has 0 aliphatic rings. The summed E-state index contributed by atoms with van der Waals surface area (Å²) in [6.07, 6.45) is -5.38. The number of hydrogen-bond donors (Lipinski definition) is 1. The number of benzene rings is 1. The SMILES string of the molecule is CN(CC(=O)O)C(=O)CC(c1ccccc1)C(F)(F)F. The van der Waals surface area contributed by atoms with Crippen LogP contribution in [0.25, 0.3) is 0 Å². The third-order valence-electron chi connectivity index (χ3n) is 2.77. The van der Waals surface area contributed by atoms with Crippen molar-refractivity contribution in [3.8, 4) is 0 Å². The molecule has 0 aromatic heterocycles. The molecular weight excluding hydrogens is 275 g/mol. The summed E-state index contributed by atoms with van der Waals surface area (Å²) in [5, 5.41) is 8.53. The van der Waals surface area contributed by atoms with Gasteiger partial charge in [-0.1, -0.05) is 30.3 Å². The van der Waals surface area contributed by atoms with Gasteiger partial charge < -0.3 is 10.0 Å². The summed E-state index contributed by atoms with van der Waals surface area (Å²) in [6.45, 7) is -0.627. The zero-order chi connectivity index (χ0) is 15.3. The van der Waals surface area contributed by atoms with Crippen molar-refractivity contribution in [1.82, 2.24) is 4.90 Å². The summed E-state index contributed by atoms with van der Waals surface area (Å²) in [6, 6.07) is 7.08. The predicted molar refractivity (Wildman–Crippen MR) is 65.1 cm³/mol. The van der Waals surface area contributed by atoms with Crippen LogP contribution in [0, 0.1) is 0 Å². The van der Waals surface area contributed by atoms with Crippen LogP contribution >= 0.6 is 0 Å². The zero-order valence-corrected chi connectivity index (χ0v) is 10.7. The Balaban J connectivity index is 2.87. The first-order valence-corrected chi connectivity index (χ1v) is 5.79. The molecule has 0 heterocycles. The average molecular weight is 289 g/mol. The fraction of sp³-hybridized carbons (Fsp3) is 0.385. The van der Waals surface area contributed by atoms with Gasteiger partial charge in [-0.25, -0.2) is 0 Å². The van der Waals surface area contributed by atoms with E-state index in [4.69, 9.17) is 5.11 Å². The zero-order valence-electron chi connectivity index (χ0n) is 10.7. The second-order valence-electron chi connectivity index (χ2n) is 4.35. The first-order chi connectivity index (χ1) is 9.21. The molecule has 20 heavy (non-hydrogen) atoms. The molecule has 0 fully saturated rings. The average Bonchev–Trinajstić information content (AvgIpc) is 2.34. The number of carboxylic acid groups (broad SMARTS) is 1. The first-order valence-electron chi connectivity index (χ1n) is 5.79. The molecule has 1 unspecified atom stereocenters. The van der Waals surface area contributed by atoms with Crippen LogP contribution in [0.2, 0.25) is 0 Å². The number of carbonyl (C=O) groups excluding carboxylic acids is 1. The number of likely N-dealkylation sites (N-methyl/N-ethyl adjacent to an activating group) is 1. The minimum absolute atomic E-state index is 0.0166. The van der Waals surface area contributed by atoms with E-state index in [1.165, 1.54) is 24.3 Å². The van der Waals surface area contributed by atoms with Crippen molar-refractivity contribution in [3.05, 3.63) is 35.9 Å². The van der Waals surface area contributed by atoms with Crippen LogP contribution < -0.4 is 0 Å². The van der Waals surface area contributed by atoms with Crippen LogP contribution in [-0.2, 0) is 9.59 Å². The van der Waals surface area contributed by atoms with E-state index in [1.54, 1.807) is 6.07 Å². The molecule has 0 aliphatic carbocycles. The van der Waals surface area contributed by atoms with Crippen molar-refractivity contribution in [3.63, 3.8) is 0 Å². The molecular formula is C13H14F3NO3. The van der Waals surface area contributed by atoms with Crippen LogP contribution in [0.15, 0.2) is 30.3 Å². The van der Waals surface area contributed by atoms with Crippen LogP contribution in [-0.4, -0.2) is 41.7 Å². The number of halogens is 3. The van der Waals surface area contributed by atoms with Gasteiger partial charge in [0.25, 0.3) is 0 Å². The fourth-order valence-electron chi connectivity index (χ4n) is 1.73. The second kappa shape index (κ2) is 6.40. The lowest BCUT2D eigenvalue weighted by Gasteiger charge is -2.23. The van der Waals surface area contributed by atoms with E-state index in [0.29, 0.717) is 0 Å². The van der Waals surface area contributed by atoms with Crippen molar-refractivity contribution in [1.29, 1.82) is 0 Å². The van der Waals surface area contributed by atoms with Crippen LogP contribution in [0.3, 0.4) is 0 Å². The highest BCUT2D eigenvalue weighted by Gasteiger charge is 2.42. The van der Waals surface area contributed by atoms with Gasteiger partial charge in [0, 0.05) is 13.5 Å². The van der Waals surface area contributed by atoms with Crippen molar-refractivity contribution in [2.24, 2.45) is 0 Å². The number of amides is 1. The van der Waals surface area contributed by atoms with Gasteiger partial charge in [0.2, 0.25) is 5.91 Å². The Morgan fingerprint density at radius 2 is 1.80 bits per heavy atom. The van der Waals surface area contributed by atoms with E-state index in [2.05, 4.69) is 0 Å². The van der Waals surface area contributed by atoms with E-state index in [-0.39, 0.29) is 5.56 Å². The lowest BCUT2D eigenvalue weighted by Crippen LogP contribution is -2.35. The summed E-state index contributed by atoms with van der Waals surface area (Å²) in [7, 11) is 1.16. The Hall–Kier alpha value is -2.05. The van der Waals surface area contributed by atoms with Gasteiger partial charge >= 0.3 is 12.1 Å². The number of nitrogens with zero attached hydrogens (tertiary/aromatic N) is 1. The molecule has 0 bridgehead atoms. The number of hydrogen-bond acceptors (Lipinski definition) is 2. The molecule has 0 aliphatic heterocycles. The number of rotatable bonds is 5. The Bertz CT molecular complexity index is 473. The van der Waals surface area contributed by atoms with Gasteiger partial charge in [-0.05, 0) is 5.56 Å². The maximum absolute atomic E-state index is 13.0. The van der Waals surface area contributed by atoms with Crippen molar-refractivity contribution < 1.29 is 27.9 Å². The third kappa shape index (κ3) is 4.56. The number of alkyl halides is 3. The van der Waals surface area contributed by atoms with E-state index in [1.807, 2.05) is 0 Å². The molecule has 1 aromatic carbocycles. The maximum Gasteiger partial charge on any atom is 0.396 e. The molecule has 0 radical (unpaired) electrons. The van der Waals surface area contributed by atoms with Crippen molar-refractivity contribution in [2.45, 2.75) is 18.5 Å². The van der Waals surface area contributed by atoms with Gasteiger partial charge in [-0.2, -0.15) is 13.2 Å². The molecule has 1 atom stereocenters. The predicted octanol–water partition coefficient (Wildman–Crippen LogP) is 2.27. The Morgan fingerprint density at radius 3 is 2.25 bits per heavy atom. The van der Waals surface area contributed by atoms with Crippen LogP contribution in [0.4, 0.5) is 13.2 Å². The lowest BCUT2D eigenvalue weighted by atomic mass is 9.94. The Labute approximate surface area is 113 Å². The van der Waals surface area contributed by atoms with Crippen molar-refractivity contribution in [2.75, 3.05) is 13.6 Å². The number of aliphatic carboxylic acids is 1. The maximum atomic E-state index is 13.0. The number of carboxylic acids is 1. The lowest BCUT2D eigenvalue weighted by molar-refractivity contribution is -0.161. The van der Waals surface area contributed by atoms with Gasteiger partial charge in [0.15, 0.2) is 0 Å². The summed E-state index contributed by atoms with van der Waals surface area (Å²) in [4.78, 5) is 22.9. The monoisotopic (exact) mass is 289 g/mol. The molecule has 1 amide bonds. The number of carbonyl (C=O) groups is 2.